The molecule has 0 radical (unpaired) electrons. The minimum absolute atomic E-state index is 0.168. The van der Waals surface area contributed by atoms with Crippen LogP contribution in [0, 0.1) is 0 Å². The summed E-state index contributed by atoms with van der Waals surface area (Å²) >= 11 is 0. The van der Waals surface area contributed by atoms with Crippen molar-refractivity contribution in [3.8, 4) is 0 Å². The molecule has 0 aromatic heterocycles. The number of nitrogens with zero attached hydrogens (tertiary/aromatic N) is 1. The fourth-order valence-electron chi connectivity index (χ4n) is 1.88. The molecule has 78 valence electrons. The lowest BCUT2D eigenvalue weighted by Gasteiger charge is -2.12. The van der Waals surface area contributed by atoms with E-state index in [2.05, 4.69) is 0 Å². The highest BCUT2D eigenvalue weighted by molar-refractivity contribution is 5.90. The summed E-state index contributed by atoms with van der Waals surface area (Å²) in [7, 11) is 0. The van der Waals surface area contributed by atoms with Gasteiger partial charge in [0.15, 0.2) is 0 Å². The molecule has 1 amide bonds. The van der Waals surface area contributed by atoms with Crippen molar-refractivity contribution in [3.05, 3.63) is 24.3 Å². The third-order valence-electron chi connectivity index (χ3n) is 2.98. The van der Waals surface area contributed by atoms with Crippen molar-refractivity contribution in [2.75, 3.05) is 17.2 Å². The minimum Gasteiger partial charge on any atom is -0.441 e. The molecule has 1 saturated carbocycles. The fraction of sp³-hybridized carbons (Fsp3) is 0.364. The highest BCUT2D eigenvalue weighted by Gasteiger charge is 2.54. The number of nitrogens with two attached hydrogens (primary N) is 1. The van der Waals surface area contributed by atoms with E-state index in [1.165, 1.54) is 0 Å². The van der Waals surface area contributed by atoms with E-state index in [4.69, 9.17) is 10.5 Å². The Morgan fingerprint density at radius 2 is 1.93 bits per heavy atom. The van der Waals surface area contributed by atoms with Crippen molar-refractivity contribution in [3.63, 3.8) is 0 Å². The molecular formula is C11H12N2O2. The second kappa shape index (κ2) is 2.66. The Labute approximate surface area is 87.6 Å². The molecule has 1 aliphatic carbocycles. The number of rotatable bonds is 1. The van der Waals surface area contributed by atoms with Gasteiger partial charge in [0.05, 0.1) is 6.54 Å². The van der Waals surface area contributed by atoms with Crippen LogP contribution in [0.4, 0.5) is 16.2 Å². The topological polar surface area (TPSA) is 55.6 Å². The van der Waals surface area contributed by atoms with E-state index in [0.717, 1.165) is 18.5 Å². The molecule has 0 bridgehead atoms. The van der Waals surface area contributed by atoms with Gasteiger partial charge < -0.3 is 10.5 Å². The second-order valence-electron chi connectivity index (χ2n) is 4.23. The quantitative estimate of drug-likeness (QED) is 0.709. The maximum absolute atomic E-state index is 11.6. The predicted octanol–water partition coefficient (Wildman–Crippen LogP) is 1.76. The van der Waals surface area contributed by atoms with Crippen LogP contribution in [0.15, 0.2) is 24.3 Å². The first-order chi connectivity index (χ1) is 7.19. The van der Waals surface area contributed by atoms with Crippen LogP contribution in [0.5, 0.6) is 0 Å². The summed E-state index contributed by atoms with van der Waals surface area (Å²) in [6, 6.07) is 7.27. The molecule has 15 heavy (non-hydrogen) atoms. The summed E-state index contributed by atoms with van der Waals surface area (Å²) in [5.74, 6) is 0. The number of hydrogen-bond acceptors (Lipinski definition) is 3. The summed E-state index contributed by atoms with van der Waals surface area (Å²) in [4.78, 5) is 13.3. The van der Waals surface area contributed by atoms with Crippen LogP contribution in [0.1, 0.15) is 12.8 Å². The molecule has 1 aromatic rings. The number of benzene rings is 1. The molecule has 1 saturated heterocycles. The lowest BCUT2D eigenvalue weighted by Crippen LogP contribution is -2.24. The standard InChI is InChI=1S/C11H12N2O2/c12-8-1-3-9(4-2-8)13-7-11(5-6-11)15-10(13)14/h1-4H,5-7,12H2. The van der Waals surface area contributed by atoms with Crippen LogP contribution in [0.25, 0.3) is 0 Å². The van der Waals surface area contributed by atoms with Crippen molar-refractivity contribution in [2.24, 2.45) is 0 Å². The first-order valence-electron chi connectivity index (χ1n) is 5.05. The third kappa shape index (κ3) is 1.33. The number of carbonyl (C=O) groups is 1. The summed E-state index contributed by atoms with van der Waals surface area (Å²) in [5.41, 5.74) is 6.98. The summed E-state index contributed by atoms with van der Waals surface area (Å²) in [6.45, 7) is 0.676. The van der Waals surface area contributed by atoms with Gasteiger partial charge in [0.25, 0.3) is 0 Å². The molecule has 1 aromatic carbocycles. The van der Waals surface area contributed by atoms with Crippen molar-refractivity contribution in [1.29, 1.82) is 0 Å². The Balaban J connectivity index is 1.88. The average molecular weight is 204 g/mol. The first-order valence-corrected chi connectivity index (χ1v) is 5.05. The molecule has 1 spiro atoms. The average Bonchev–Trinajstić information content (AvgIpc) is 2.87. The van der Waals surface area contributed by atoms with Gasteiger partial charge in [-0.3, -0.25) is 4.90 Å². The van der Waals surface area contributed by atoms with Crippen LogP contribution in [-0.2, 0) is 4.74 Å². The molecule has 0 unspecified atom stereocenters. The molecule has 1 aliphatic heterocycles. The molecule has 2 aliphatic rings. The van der Waals surface area contributed by atoms with Gasteiger partial charge in [0.1, 0.15) is 5.60 Å². The number of hydrogen-bond donors (Lipinski definition) is 1. The predicted molar refractivity (Wildman–Crippen MR) is 56.6 cm³/mol. The highest BCUT2D eigenvalue weighted by atomic mass is 16.6. The van der Waals surface area contributed by atoms with E-state index in [9.17, 15) is 4.79 Å². The SMILES string of the molecule is Nc1ccc(N2CC3(CC3)OC2=O)cc1. The Kier molecular flexibility index (Phi) is 1.52. The van der Waals surface area contributed by atoms with Crippen molar-refractivity contribution in [1.82, 2.24) is 0 Å². The number of amides is 1. The van der Waals surface area contributed by atoms with Crippen LogP contribution < -0.4 is 10.6 Å². The number of anilines is 2. The van der Waals surface area contributed by atoms with E-state index >= 15 is 0 Å². The van der Waals surface area contributed by atoms with Crippen LogP contribution in [0.3, 0.4) is 0 Å². The molecule has 3 rings (SSSR count). The summed E-state index contributed by atoms with van der Waals surface area (Å²) in [6.07, 6.45) is 1.74. The van der Waals surface area contributed by atoms with E-state index in [0.29, 0.717) is 12.2 Å². The maximum atomic E-state index is 11.6. The van der Waals surface area contributed by atoms with E-state index in [1.54, 1.807) is 17.0 Å². The fourth-order valence-corrected chi connectivity index (χ4v) is 1.88. The van der Waals surface area contributed by atoms with Gasteiger partial charge in [-0.25, -0.2) is 4.79 Å². The lowest BCUT2D eigenvalue weighted by molar-refractivity contribution is 0.129. The summed E-state index contributed by atoms with van der Waals surface area (Å²) < 4.78 is 5.31. The Morgan fingerprint density at radius 1 is 1.27 bits per heavy atom. The molecule has 4 nitrogen and oxygen atoms in total. The van der Waals surface area contributed by atoms with Gasteiger partial charge in [0, 0.05) is 11.4 Å². The zero-order valence-corrected chi connectivity index (χ0v) is 8.27. The van der Waals surface area contributed by atoms with Crippen LogP contribution in [-0.4, -0.2) is 18.2 Å². The van der Waals surface area contributed by atoms with Gasteiger partial charge in [0.2, 0.25) is 0 Å². The molecule has 0 atom stereocenters. The molecular weight excluding hydrogens is 192 g/mol. The minimum atomic E-state index is -0.239. The number of nitrogen functional groups attached to an aromatic ring is 1. The molecule has 1 heterocycles. The van der Waals surface area contributed by atoms with Crippen molar-refractivity contribution in [2.45, 2.75) is 18.4 Å². The Hall–Kier alpha value is -1.71. The molecule has 2 fully saturated rings. The largest absolute Gasteiger partial charge is 0.441 e. The number of carbonyl (C=O) groups excluding carboxylic acids is 1. The molecule has 4 heteroatoms. The van der Waals surface area contributed by atoms with E-state index in [-0.39, 0.29) is 11.7 Å². The Bertz CT molecular complexity index is 409. The maximum Gasteiger partial charge on any atom is 0.415 e. The van der Waals surface area contributed by atoms with Gasteiger partial charge in [-0.05, 0) is 37.1 Å². The second-order valence-corrected chi connectivity index (χ2v) is 4.23. The third-order valence-corrected chi connectivity index (χ3v) is 2.98. The Morgan fingerprint density at radius 3 is 2.47 bits per heavy atom. The normalized spacial score (nSPS) is 21.9. The summed E-state index contributed by atoms with van der Waals surface area (Å²) in [5, 5.41) is 0. The van der Waals surface area contributed by atoms with Gasteiger partial charge >= 0.3 is 6.09 Å². The lowest BCUT2D eigenvalue weighted by atomic mass is 10.2. The van der Waals surface area contributed by atoms with Crippen molar-refractivity contribution < 1.29 is 9.53 Å². The molecule has 2 N–H and O–H groups in total. The van der Waals surface area contributed by atoms with Gasteiger partial charge in [-0.1, -0.05) is 0 Å². The van der Waals surface area contributed by atoms with Crippen LogP contribution >= 0.6 is 0 Å². The van der Waals surface area contributed by atoms with Gasteiger partial charge in [-0.2, -0.15) is 0 Å². The highest BCUT2D eigenvalue weighted by Crippen LogP contribution is 2.45. The van der Waals surface area contributed by atoms with Crippen molar-refractivity contribution >= 4 is 17.5 Å². The van der Waals surface area contributed by atoms with Crippen LogP contribution in [0.2, 0.25) is 0 Å². The van der Waals surface area contributed by atoms with E-state index in [1.807, 2.05) is 12.1 Å². The zero-order valence-electron chi connectivity index (χ0n) is 8.27. The number of ether oxygens (including phenoxy) is 1. The zero-order chi connectivity index (χ0) is 10.5. The van der Waals surface area contributed by atoms with E-state index < -0.39 is 0 Å². The monoisotopic (exact) mass is 204 g/mol. The van der Waals surface area contributed by atoms with Gasteiger partial charge in [-0.15, -0.1) is 0 Å². The smallest absolute Gasteiger partial charge is 0.415 e. The first kappa shape index (κ1) is 8.59.